The van der Waals surface area contributed by atoms with E-state index in [0.29, 0.717) is 0 Å². The Balaban J connectivity index is 2.30. The maximum Gasteiger partial charge on any atom is 0.122 e. The number of hydrogen-bond donors (Lipinski definition) is 0. The Morgan fingerprint density at radius 2 is 1.80 bits per heavy atom. The monoisotopic (exact) mass is 206 g/mol. The minimum absolute atomic E-state index is 0.858. The number of rotatable bonds is 7. The van der Waals surface area contributed by atoms with E-state index in [0.717, 1.165) is 18.8 Å². The minimum atomic E-state index is 0.858. The summed E-state index contributed by atoms with van der Waals surface area (Å²) in [5.41, 5.74) is 1.31. The molecule has 0 heterocycles. The van der Waals surface area contributed by atoms with E-state index in [4.69, 9.17) is 4.74 Å². The fourth-order valence-electron chi connectivity index (χ4n) is 1.65. The molecule has 0 amide bonds. The lowest BCUT2D eigenvalue weighted by atomic mass is 10.1. The van der Waals surface area contributed by atoms with E-state index in [1.54, 1.807) is 0 Å². The molecule has 0 atom stereocenters. The van der Waals surface area contributed by atoms with Gasteiger partial charge in [0, 0.05) is 0 Å². The molecule has 0 saturated heterocycles. The normalized spacial score (nSPS) is 10.3. The SMILES string of the molecule is CCCCCCOc1ccccc1CC. The van der Waals surface area contributed by atoms with Crippen molar-refractivity contribution in [1.29, 1.82) is 0 Å². The van der Waals surface area contributed by atoms with E-state index in [2.05, 4.69) is 32.0 Å². The molecule has 1 aromatic rings. The van der Waals surface area contributed by atoms with E-state index >= 15 is 0 Å². The lowest BCUT2D eigenvalue weighted by Crippen LogP contribution is -1.99. The highest BCUT2D eigenvalue weighted by Crippen LogP contribution is 2.18. The zero-order valence-electron chi connectivity index (χ0n) is 9.96. The van der Waals surface area contributed by atoms with Crippen molar-refractivity contribution in [3.63, 3.8) is 0 Å². The van der Waals surface area contributed by atoms with Crippen LogP contribution in [0.15, 0.2) is 24.3 Å². The van der Waals surface area contributed by atoms with Gasteiger partial charge in [0.25, 0.3) is 0 Å². The predicted octanol–water partition coefficient (Wildman–Crippen LogP) is 4.21. The van der Waals surface area contributed by atoms with Crippen LogP contribution in [0, 0.1) is 0 Å². The van der Waals surface area contributed by atoms with Crippen molar-refractivity contribution >= 4 is 0 Å². The average Bonchev–Trinajstić information content (AvgIpc) is 2.29. The number of ether oxygens (including phenoxy) is 1. The predicted molar refractivity (Wildman–Crippen MR) is 65.5 cm³/mol. The zero-order valence-corrected chi connectivity index (χ0v) is 9.96. The van der Waals surface area contributed by atoms with Crippen LogP contribution in [0.1, 0.15) is 45.1 Å². The number of aryl methyl sites for hydroxylation is 1. The minimum Gasteiger partial charge on any atom is -0.493 e. The van der Waals surface area contributed by atoms with Crippen molar-refractivity contribution in [1.82, 2.24) is 0 Å². The molecule has 1 heteroatoms. The molecule has 0 bridgehead atoms. The van der Waals surface area contributed by atoms with Crippen LogP contribution < -0.4 is 4.74 Å². The largest absolute Gasteiger partial charge is 0.493 e. The summed E-state index contributed by atoms with van der Waals surface area (Å²) >= 11 is 0. The fraction of sp³-hybridized carbons (Fsp3) is 0.571. The second-order valence-electron chi connectivity index (χ2n) is 3.87. The van der Waals surface area contributed by atoms with E-state index in [1.165, 1.54) is 31.2 Å². The van der Waals surface area contributed by atoms with E-state index in [-0.39, 0.29) is 0 Å². The van der Waals surface area contributed by atoms with Crippen LogP contribution in [-0.4, -0.2) is 6.61 Å². The summed E-state index contributed by atoms with van der Waals surface area (Å²) in [5, 5.41) is 0. The first-order valence-corrected chi connectivity index (χ1v) is 6.09. The van der Waals surface area contributed by atoms with Crippen molar-refractivity contribution in [2.24, 2.45) is 0 Å². The Kier molecular flexibility index (Phi) is 5.91. The average molecular weight is 206 g/mol. The van der Waals surface area contributed by atoms with Crippen molar-refractivity contribution in [2.75, 3.05) is 6.61 Å². The van der Waals surface area contributed by atoms with Gasteiger partial charge in [0.05, 0.1) is 6.61 Å². The van der Waals surface area contributed by atoms with Crippen molar-refractivity contribution in [3.05, 3.63) is 29.8 Å². The van der Waals surface area contributed by atoms with E-state index in [9.17, 15) is 0 Å². The number of unbranched alkanes of at least 4 members (excludes halogenated alkanes) is 3. The number of benzene rings is 1. The van der Waals surface area contributed by atoms with Gasteiger partial charge in [-0.15, -0.1) is 0 Å². The first-order chi connectivity index (χ1) is 7.38. The number of para-hydroxylation sites is 1. The molecule has 0 spiro atoms. The third-order valence-electron chi connectivity index (χ3n) is 2.61. The summed E-state index contributed by atoms with van der Waals surface area (Å²) in [6.07, 6.45) is 6.10. The van der Waals surface area contributed by atoms with Crippen LogP contribution in [-0.2, 0) is 6.42 Å². The Hall–Kier alpha value is -0.980. The van der Waals surface area contributed by atoms with Crippen LogP contribution in [0.5, 0.6) is 5.75 Å². The Morgan fingerprint density at radius 1 is 1.00 bits per heavy atom. The molecule has 0 aliphatic carbocycles. The van der Waals surface area contributed by atoms with E-state index in [1.807, 2.05) is 6.07 Å². The topological polar surface area (TPSA) is 9.23 Å². The smallest absolute Gasteiger partial charge is 0.122 e. The highest BCUT2D eigenvalue weighted by Gasteiger charge is 1.99. The van der Waals surface area contributed by atoms with Crippen molar-refractivity contribution in [3.8, 4) is 5.75 Å². The van der Waals surface area contributed by atoms with Gasteiger partial charge >= 0.3 is 0 Å². The van der Waals surface area contributed by atoms with Gasteiger partial charge in [0.15, 0.2) is 0 Å². The molecular weight excluding hydrogens is 184 g/mol. The van der Waals surface area contributed by atoms with Gasteiger partial charge in [-0.2, -0.15) is 0 Å². The fourth-order valence-corrected chi connectivity index (χ4v) is 1.65. The number of hydrogen-bond acceptors (Lipinski definition) is 1. The van der Waals surface area contributed by atoms with Gasteiger partial charge in [0.1, 0.15) is 5.75 Å². The standard InChI is InChI=1S/C14H22O/c1-3-5-6-9-12-15-14-11-8-7-10-13(14)4-2/h7-8,10-11H,3-6,9,12H2,1-2H3. The Labute approximate surface area is 93.5 Å². The summed E-state index contributed by atoms with van der Waals surface area (Å²) < 4.78 is 5.77. The summed E-state index contributed by atoms with van der Waals surface area (Å²) in [7, 11) is 0. The maximum atomic E-state index is 5.77. The highest BCUT2D eigenvalue weighted by molar-refractivity contribution is 5.33. The van der Waals surface area contributed by atoms with Crippen LogP contribution in [0.4, 0.5) is 0 Å². The third-order valence-corrected chi connectivity index (χ3v) is 2.61. The molecule has 0 unspecified atom stereocenters. The molecule has 1 rings (SSSR count). The molecule has 15 heavy (non-hydrogen) atoms. The van der Waals surface area contributed by atoms with Crippen LogP contribution in [0.2, 0.25) is 0 Å². The van der Waals surface area contributed by atoms with Crippen LogP contribution in [0.3, 0.4) is 0 Å². The molecular formula is C14H22O. The van der Waals surface area contributed by atoms with Crippen molar-refractivity contribution in [2.45, 2.75) is 46.0 Å². The molecule has 0 aliphatic rings. The molecule has 0 N–H and O–H groups in total. The Bertz CT molecular complexity index is 268. The molecule has 1 nitrogen and oxygen atoms in total. The molecule has 1 aromatic carbocycles. The lowest BCUT2D eigenvalue weighted by molar-refractivity contribution is 0.302. The summed E-state index contributed by atoms with van der Waals surface area (Å²) in [5.74, 6) is 1.07. The molecule has 84 valence electrons. The van der Waals surface area contributed by atoms with Gasteiger partial charge in [0.2, 0.25) is 0 Å². The first kappa shape index (κ1) is 12.1. The molecule has 0 radical (unpaired) electrons. The van der Waals surface area contributed by atoms with Crippen LogP contribution >= 0.6 is 0 Å². The lowest BCUT2D eigenvalue weighted by Gasteiger charge is -2.09. The van der Waals surface area contributed by atoms with Crippen molar-refractivity contribution < 1.29 is 4.74 Å². The Morgan fingerprint density at radius 3 is 2.53 bits per heavy atom. The van der Waals surface area contributed by atoms with Gasteiger partial charge in [-0.25, -0.2) is 0 Å². The highest BCUT2D eigenvalue weighted by atomic mass is 16.5. The molecule has 0 aromatic heterocycles. The summed E-state index contributed by atoms with van der Waals surface area (Å²) in [6.45, 7) is 5.25. The zero-order chi connectivity index (χ0) is 10.9. The second kappa shape index (κ2) is 7.33. The summed E-state index contributed by atoms with van der Waals surface area (Å²) in [4.78, 5) is 0. The molecule has 0 fully saturated rings. The van der Waals surface area contributed by atoms with Gasteiger partial charge in [-0.1, -0.05) is 51.3 Å². The first-order valence-electron chi connectivity index (χ1n) is 6.09. The molecule has 0 aliphatic heterocycles. The van der Waals surface area contributed by atoms with Crippen LogP contribution in [0.25, 0.3) is 0 Å². The molecule has 0 saturated carbocycles. The summed E-state index contributed by atoms with van der Waals surface area (Å²) in [6, 6.07) is 8.32. The van der Waals surface area contributed by atoms with Gasteiger partial charge in [-0.3, -0.25) is 0 Å². The van der Waals surface area contributed by atoms with Gasteiger partial charge < -0.3 is 4.74 Å². The maximum absolute atomic E-state index is 5.77. The quantitative estimate of drug-likeness (QED) is 0.607. The van der Waals surface area contributed by atoms with Gasteiger partial charge in [-0.05, 0) is 24.5 Å². The van der Waals surface area contributed by atoms with E-state index < -0.39 is 0 Å². The second-order valence-corrected chi connectivity index (χ2v) is 3.87. The third kappa shape index (κ3) is 4.37.